The van der Waals surface area contributed by atoms with Gasteiger partial charge in [0.2, 0.25) is 0 Å². The first-order chi connectivity index (χ1) is 7.99. The summed E-state index contributed by atoms with van der Waals surface area (Å²) in [5.41, 5.74) is 4.05. The molecule has 0 saturated carbocycles. The lowest BCUT2D eigenvalue weighted by molar-refractivity contribution is -0.123. The second-order valence-electron chi connectivity index (χ2n) is 3.79. The fourth-order valence-corrected chi connectivity index (χ4v) is 1.35. The molecule has 1 amide bonds. The van der Waals surface area contributed by atoms with Crippen LogP contribution in [-0.4, -0.2) is 18.2 Å². The molecule has 0 unspecified atom stereocenters. The molecule has 92 valence electrons. The molecule has 0 aliphatic rings. The fourth-order valence-electron chi connectivity index (χ4n) is 1.12. The van der Waals surface area contributed by atoms with Gasteiger partial charge in [-0.1, -0.05) is 11.6 Å². The largest absolute Gasteiger partial charge is 0.483 e. The Labute approximate surface area is 106 Å². The highest BCUT2D eigenvalue weighted by Crippen LogP contribution is 2.21. The van der Waals surface area contributed by atoms with Crippen molar-refractivity contribution in [1.29, 1.82) is 0 Å². The highest BCUT2D eigenvalue weighted by Gasteiger charge is 2.04. The molecule has 0 radical (unpaired) electrons. The maximum absolute atomic E-state index is 11.3. The molecule has 0 fully saturated rings. The number of nitrogens with zero attached hydrogens (tertiary/aromatic N) is 1. The van der Waals surface area contributed by atoms with Crippen LogP contribution in [0.4, 0.5) is 0 Å². The second-order valence-corrected chi connectivity index (χ2v) is 4.23. The van der Waals surface area contributed by atoms with E-state index in [1.807, 2.05) is 6.92 Å². The van der Waals surface area contributed by atoms with Crippen LogP contribution in [0.1, 0.15) is 19.4 Å². The topological polar surface area (TPSA) is 50.7 Å². The Hall–Kier alpha value is -1.55. The molecule has 0 aliphatic heterocycles. The van der Waals surface area contributed by atoms with E-state index in [-0.39, 0.29) is 12.5 Å². The van der Waals surface area contributed by atoms with Crippen molar-refractivity contribution in [3.8, 4) is 5.75 Å². The zero-order valence-electron chi connectivity index (χ0n) is 10.1. The molecule has 0 aliphatic carbocycles. The maximum atomic E-state index is 11.3. The monoisotopic (exact) mass is 254 g/mol. The first kappa shape index (κ1) is 13.5. The molecule has 5 heteroatoms. The standard InChI is InChI=1S/C12H15ClN2O2/c1-8(2)14-15-12(16)7-17-11-5-4-10(13)6-9(11)3/h4-6H,7H2,1-3H3,(H,15,16). The van der Waals surface area contributed by atoms with Crippen molar-refractivity contribution in [3.63, 3.8) is 0 Å². The van der Waals surface area contributed by atoms with E-state index in [1.165, 1.54) is 0 Å². The lowest BCUT2D eigenvalue weighted by atomic mass is 10.2. The number of hydrogen-bond donors (Lipinski definition) is 1. The predicted molar refractivity (Wildman–Crippen MR) is 68.6 cm³/mol. The Morgan fingerprint density at radius 1 is 1.47 bits per heavy atom. The van der Waals surface area contributed by atoms with Crippen LogP contribution in [0.3, 0.4) is 0 Å². The third-order valence-electron chi connectivity index (χ3n) is 1.90. The zero-order chi connectivity index (χ0) is 12.8. The van der Waals surface area contributed by atoms with Gasteiger partial charge < -0.3 is 4.74 Å². The number of nitrogens with one attached hydrogen (secondary N) is 1. The zero-order valence-corrected chi connectivity index (χ0v) is 10.8. The summed E-state index contributed by atoms with van der Waals surface area (Å²) in [6.45, 7) is 5.39. The minimum absolute atomic E-state index is 0.0702. The van der Waals surface area contributed by atoms with Gasteiger partial charge in [0.25, 0.3) is 5.91 Å². The summed E-state index contributed by atoms with van der Waals surface area (Å²) in [5, 5.41) is 4.43. The molecule has 0 saturated heterocycles. The molecule has 0 spiro atoms. The van der Waals surface area contributed by atoms with Gasteiger partial charge in [0, 0.05) is 10.7 Å². The van der Waals surface area contributed by atoms with Crippen LogP contribution in [0.15, 0.2) is 23.3 Å². The molecule has 1 rings (SSSR count). The summed E-state index contributed by atoms with van der Waals surface area (Å²) in [6.07, 6.45) is 0. The SMILES string of the molecule is CC(C)=NNC(=O)COc1ccc(Cl)cc1C. The first-order valence-corrected chi connectivity index (χ1v) is 5.55. The normalized spacial score (nSPS) is 9.65. The van der Waals surface area contributed by atoms with E-state index in [9.17, 15) is 4.79 Å². The number of amides is 1. The van der Waals surface area contributed by atoms with Gasteiger partial charge in [-0.25, -0.2) is 5.43 Å². The van der Waals surface area contributed by atoms with E-state index in [2.05, 4.69) is 10.5 Å². The van der Waals surface area contributed by atoms with Crippen LogP contribution in [0.25, 0.3) is 0 Å². The van der Waals surface area contributed by atoms with E-state index in [4.69, 9.17) is 16.3 Å². The maximum Gasteiger partial charge on any atom is 0.277 e. The summed E-state index contributed by atoms with van der Waals surface area (Å²) in [4.78, 5) is 11.3. The van der Waals surface area contributed by atoms with Crippen LogP contribution < -0.4 is 10.2 Å². The molecule has 1 aromatic carbocycles. The quantitative estimate of drug-likeness (QED) is 0.663. The van der Waals surface area contributed by atoms with Gasteiger partial charge in [-0.15, -0.1) is 0 Å². The Morgan fingerprint density at radius 2 is 2.18 bits per heavy atom. The molecule has 17 heavy (non-hydrogen) atoms. The summed E-state index contributed by atoms with van der Waals surface area (Å²) in [6, 6.07) is 5.23. The van der Waals surface area contributed by atoms with E-state index < -0.39 is 0 Å². The number of ether oxygens (including phenoxy) is 1. The average Bonchev–Trinajstić information content (AvgIpc) is 2.25. The van der Waals surface area contributed by atoms with Gasteiger partial charge in [-0.2, -0.15) is 5.10 Å². The lowest BCUT2D eigenvalue weighted by Crippen LogP contribution is -2.25. The van der Waals surface area contributed by atoms with Gasteiger partial charge in [-0.05, 0) is 44.5 Å². The first-order valence-electron chi connectivity index (χ1n) is 5.17. The van der Waals surface area contributed by atoms with Gasteiger partial charge in [-0.3, -0.25) is 4.79 Å². The molecular formula is C12H15ClN2O2. The molecule has 0 heterocycles. The molecule has 0 bridgehead atoms. The lowest BCUT2D eigenvalue weighted by Gasteiger charge is -2.08. The number of hydrazone groups is 1. The third-order valence-corrected chi connectivity index (χ3v) is 2.14. The van der Waals surface area contributed by atoms with Crippen LogP contribution in [0.5, 0.6) is 5.75 Å². The third kappa shape index (κ3) is 4.87. The van der Waals surface area contributed by atoms with Gasteiger partial charge in [0.1, 0.15) is 5.75 Å². The Kier molecular flexibility index (Phi) is 4.97. The van der Waals surface area contributed by atoms with E-state index >= 15 is 0 Å². The van der Waals surface area contributed by atoms with Crippen molar-refractivity contribution in [3.05, 3.63) is 28.8 Å². The van der Waals surface area contributed by atoms with Crippen molar-refractivity contribution in [2.45, 2.75) is 20.8 Å². The number of hydrogen-bond acceptors (Lipinski definition) is 3. The van der Waals surface area contributed by atoms with Crippen molar-refractivity contribution in [1.82, 2.24) is 5.43 Å². The van der Waals surface area contributed by atoms with Gasteiger partial charge >= 0.3 is 0 Å². The molecular weight excluding hydrogens is 240 g/mol. The van der Waals surface area contributed by atoms with E-state index in [0.29, 0.717) is 10.8 Å². The van der Waals surface area contributed by atoms with E-state index in [0.717, 1.165) is 11.3 Å². The fraction of sp³-hybridized carbons (Fsp3) is 0.333. The van der Waals surface area contributed by atoms with Crippen LogP contribution in [-0.2, 0) is 4.79 Å². The minimum atomic E-state index is -0.291. The Balaban J connectivity index is 2.50. The summed E-state index contributed by atoms with van der Waals surface area (Å²) >= 11 is 5.81. The highest BCUT2D eigenvalue weighted by molar-refractivity contribution is 6.30. The molecule has 0 atom stereocenters. The molecule has 0 aromatic heterocycles. The number of benzene rings is 1. The number of carbonyl (C=O) groups excluding carboxylic acids is 1. The van der Waals surface area contributed by atoms with Gasteiger partial charge in [0.05, 0.1) is 0 Å². The number of rotatable bonds is 4. The Morgan fingerprint density at radius 3 is 2.76 bits per heavy atom. The van der Waals surface area contributed by atoms with Crippen molar-refractivity contribution < 1.29 is 9.53 Å². The molecule has 1 aromatic rings. The number of halogens is 1. The number of carbonyl (C=O) groups is 1. The van der Waals surface area contributed by atoms with Crippen molar-refractivity contribution in [2.75, 3.05) is 6.61 Å². The summed E-state index contributed by atoms with van der Waals surface area (Å²) in [5.74, 6) is 0.349. The van der Waals surface area contributed by atoms with Crippen molar-refractivity contribution in [2.24, 2.45) is 5.10 Å². The van der Waals surface area contributed by atoms with Crippen LogP contribution in [0.2, 0.25) is 5.02 Å². The average molecular weight is 255 g/mol. The molecule has 1 N–H and O–H groups in total. The smallest absolute Gasteiger partial charge is 0.277 e. The van der Waals surface area contributed by atoms with Crippen LogP contribution >= 0.6 is 11.6 Å². The van der Waals surface area contributed by atoms with Crippen LogP contribution in [0, 0.1) is 6.92 Å². The summed E-state index contributed by atoms with van der Waals surface area (Å²) < 4.78 is 5.35. The highest BCUT2D eigenvalue weighted by atomic mass is 35.5. The second kappa shape index (κ2) is 6.25. The minimum Gasteiger partial charge on any atom is -0.483 e. The Bertz CT molecular complexity index is 440. The van der Waals surface area contributed by atoms with Gasteiger partial charge in [0.15, 0.2) is 6.61 Å². The number of aryl methyl sites for hydroxylation is 1. The molecule has 4 nitrogen and oxygen atoms in total. The predicted octanol–water partition coefficient (Wildman–Crippen LogP) is 2.54. The summed E-state index contributed by atoms with van der Waals surface area (Å²) in [7, 11) is 0. The van der Waals surface area contributed by atoms with Crippen molar-refractivity contribution >= 4 is 23.2 Å². The van der Waals surface area contributed by atoms with E-state index in [1.54, 1.807) is 32.0 Å².